The van der Waals surface area contributed by atoms with Gasteiger partial charge < -0.3 is 10.6 Å². The summed E-state index contributed by atoms with van der Waals surface area (Å²) in [6, 6.07) is 0. The number of rotatable bonds is 5. The minimum absolute atomic E-state index is 0.0938. The fourth-order valence-electron chi connectivity index (χ4n) is 0.737. The molecule has 0 atom stereocenters. The number of carbonyl (C=O) groups excluding carboxylic acids is 2. The molecule has 4 nitrogen and oxygen atoms in total. The molecule has 0 aromatic heterocycles. The lowest BCUT2D eigenvalue weighted by Gasteiger charge is -2.01. The van der Waals surface area contributed by atoms with E-state index in [2.05, 4.69) is 10.6 Å². The number of amides is 2. The molecule has 0 bridgehead atoms. The third-order valence-corrected chi connectivity index (χ3v) is 1.35. The van der Waals surface area contributed by atoms with Crippen molar-refractivity contribution in [1.82, 2.24) is 10.6 Å². The normalized spacial score (nSPS) is 10.7. The molecule has 2 amide bonds. The number of hydrogen-bond acceptors (Lipinski definition) is 2. The van der Waals surface area contributed by atoms with E-state index in [4.69, 9.17) is 0 Å². The van der Waals surface area contributed by atoms with Crippen molar-refractivity contribution < 1.29 is 9.59 Å². The van der Waals surface area contributed by atoms with Crippen LogP contribution < -0.4 is 10.6 Å². The second-order valence-electron chi connectivity index (χ2n) is 2.66. The van der Waals surface area contributed by atoms with E-state index in [1.165, 1.54) is 13.0 Å². The second kappa shape index (κ2) is 8.04. The van der Waals surface area contributed by atoms with E-state index in [1.807, 2.05) is 13.0 Å². The van der Waals surface area contributed by atoms with Crippen LogP contribution in [0.25, 0.3) is 0 Å². The lowest BCUT2D eigenvalue weighted by atomic mass is 10.4. The van der Waals surface area contributed by atoms with Crippen LogP contribution in [0.4, 0.5) is 0 Å². The monoisotopic (exact) mass is 196 g/mol. The van der Waals surface area contributed by atoms with E-state index < -0.39 is 0 Å². The van der Waals surface area contributed by atoms with Gasteiger partial charge >= 0.3 is 0 Å². The summed E-state index contributed by atoms with van der Waals surface area (Å²) in [6.45, 7) is 4.21. The highest BCUT2D eigenvalue weighted by Crippen LogP contribution is 1.76. The zero-order valence-electron chi connectivity index (χ0n) is 8.54. The van der Waals surface area contributed by atoms with Crippen molar-refractivity contribution in [1.29, 1.82) is 0 Å². The van der Waals surface area contributed by atoms with E-state index in [1.54, 1.807) is 12.2 Å². The smallest absolute Gasteiger partial charge is 0.244 e. The van der Waals surface area contributed by atoms with Crippen molar-refractivity contribution in [2.45, 2.75) is 13.8 Å². The number of carbonyl (C=O) groups is 2. The van der Waals surface area contributed by atoms with Gasteiger partial charge in [0.1, 0.15) is 0 Å². The lowest BCUT2D eigenvalue weighted by Crippen LogP contribution is -2.32. The first-order chi connectivity index (χ1) is 6.66. The molecular weight excluding hydrogens is 180 g/mol. The molecule has 0 aromatic rings. The molecule has 4 heteroatoms. The van der Waals surface area contributed by atoms with E-state index in [0.717, 1.165) is 0 Å². The van der Waals surface area contributed by atoms with Gasteiger partial charge in [0.15, 0.2) is 0 Å². The van der Waals surface area contributed by atoms with E-state index >= 15 is 0 Å². The summed E-state index contributed by atoms with van der Waals surface area (Å²) in [5.74, 6) is -0.253. The van der Waals surface area contributed by atoms with Crippen LogP contribution in [0.1, 0.15) is 13.8 Å². The summed E-state index contributed by atoms with van der Waals surface area (Å²) in [7, 11) is 0. The van der Waals surface area contributed by atoms with Crippen molar-refractivity contribution in [3.05, 3.63) is 24.3 Å². The maximum atomic E-state index is 11.0. The molecule has 0 aliphatic heterocycles. The van der Waals surface area contributed by atoms with Crippen molar-refractivity contribution in [3.8, 4) is 0 Å². The Morgan fingerprint density at radius 1 is 1.14 bits per heavy atom. The zero-order valence-corrected chi connectivity index (χ0v) is 8.54. The van der Waals surface area contributed by atoms with Gasteiger partial charge in [0.25, 0.3) is 0 Å². The molecular formula is C10H16N2O2. The minimum Gasteiger partial charge on any atom is -0.355 e. The summed E-state index contributed by atoms with van der Waals surface area (Å²) in [5, 5.41) is 5.20. The first kappa shape index (κ1) is 12.4. The Bertz CT molecular complexity index is 245. The highest BCUT2D eigenvalue weighted by Gasteiger charge is 1.93. The van der Waals surface area contributed by atoms with Gasteiger partial charge in [-0.15, -0.1) is 0 Å². The van der Waals surface area contributed by atoms with Gasteiger partial charge in [0.05, 0.1) is 0 Å². The van der Waals surface area contributed by atoms with Gasteiger partial charge in [-0.3, -0.25) is 9.59 Å². The summed E-state index contributed by atoms with van der Waals surface area (Å²) in [6.07, 6.45) is 6.70. The van der Waals surface area contributed by atoms with Crippen LogP contribution in [0.5, 0.6) is 0 Å². The van der Waals surface area contributed by atoms with E-state index in [9.17, 15) is 9.59 Å². The largest absolute Gasteiger partial charge is 0.355 e. The van der Waals surface area contributed by atoms with Crippen LogP contribution in [0, 0.1) is 0 Å². The SMILES string of the molecule is C/C=C/C=C/C(=O)NCCNC(C)=O. The molecule has 0 aliphatic rings. The van der Waals surface area contributed by atoms with Gasteiger partial charge in [0, 0.05) is 26.1 Å². The van der Waals surface area contributed by atoms with Crippen molar-refractivity contribution in [3.63, 3.8) is 0 Å². The average Bonchev–Trinajstić information content (AvgIpc) is 2.13. The van der Waals surface area contributed by atoms with Crippen LogP contribution in [0.15, 0.2) is 24.3 Å². The molecule has 0 unspecified atom stereocenters. The third kappa shape index (κ3) is 8.52. The maximum absolute atomic E-state index is 11.0. The Hall–Kier alpha value is -1.58. The van der Waals surface area contributed by atoms with Crippen molar-refractivity contribution in [2.24, 2.45) is 0 Å². The van der Waals surface area contributed by atoms with Crippen molar-refractivity contribution >= 4 is 11.8 Å². The number of nitrogens with one attached hydrogen (secondary N) is 2. The lowest BCUT2D eigenvalue weighted by molar-refractivity contribution is -0.119. The minimum atomic E-state index is -0.159. The molecule has 0 rings (SSSR count). The molecule has 0 aromatic carbocycles. The highest BCUT2D eigenvalue weighted by molar-refractivity contribution is 5.87. The molecule has 0 saturated heterocycles. The Kier molecular flexibility index (Phi) is 7.13. The molecule has 0 radical (unpaired) electrons. The third-order valence-electron chi connectivity index (χ3n) is 1.35. The molecule has 2 N–H and O–H groups in total. The summed E-state index contributed by atoms with van der Waals surface area (Å²) < 4.78 is 0. The standard InChI is InChI=1S/C10H16N2O2/c1-3-4-5-6-10(14)12-8-7-11-9(2)13/h3-6H,7-8H2,1-2H3,(H,11,13)(H,12,14)/b4-3+,6-5+. The van der Waals surface area contributed by atoms with Crippen LogP contribution >= 0.6 is 0 Å². The number of hydrogen-bond donors (Lipinski definition) is 2. The molecule has 0 heterocycles. The molecule has 0 saturated carbocycles. The van der Waals surface area contributed by atoms with Crippen molar-refractivity contribution in [2.75, 3.05) is 13.1 Å². The fraction of sp³-hybridized carbons (Fsp3) is 0.400. The quantitative estimate of drug-likeness (QED) is 0.379. The fourth-order valence-corrected chi connectivity index (χ4v) is 0.737. The summed E-state index contributed by atoms with van der Waals surface area (Å²) >= 11 is 0. The van der Waals surface area contributed by atoms with Gasteiger partial charge in [-0.2, -0.15) is 0 Å². The average molecular weight is 196 g/mol. The predicted octanol–water partition coefficient (Wildman–Crippen LogP) is 0.371. The molecule has 0 spiro atoms. The van der Waals surface area contributed by atoms with Crippen LogP contribution in [-0.2, 0) is 9.59 Å². The Morgan fingerprint density at radius 3 is 2.36 bits per heavy atom. The van der Waals surface area contributed by atoms with Gasteiger partial charge in [-0.05, 0) is 6.92 Å². The first-order valence-electron chi connectivity index (χ1n) is 4.48. The topological polar surface area (TPSA) is 58.2 Å². The molecule has 0 fully saturated rings. The Balaban J connectivity index is 3.49. The number of allylic oxidation sites excluding steroid dienone is 3. The molecule has 0 aliphatic carbocycles. The summed E-state index contributed by atoms with van der Waals surface area (Å²) in [5.41, 5.74) is 0. The molecule has 78 valence electrons. The van der Waals surface area contributed by atoms with Gasteiger partial charge in [-0.25, -0.2) is 0 Å². The molecule has 14 heavy (non-hydrogen) atoms. The maximum Gasteiger partial charge on any atom is 0.244 e. The van der Waals surface area contributed by atoms with E-state index in [0.29, 0.717) is 13.1 Å². The van der Waals surface area contributed by atoms with E-state index in [-0.39, 0.29) is 11.8 Å². The zero-order chi connectivity index (χ0) is 10.8. The van der Waals surface area contributed by atoms with Gasteiger partial charge in [0.2, 0.25) is 11.8 Å². The second-order valence-corrected chi connectivity index (χ2v) is 2.66. The highest BCUT2D eigenvalue weighted by atomic mass is 16.2. The van der Waals surface area contributed by atoms with Gasteiger partial charge in [-0.1, -0.05) is 18.2 Å². The van der Waals surface area contributed by atoms with Crippen LogP contribution in [-0.4, -0.2) is 24.9 Å². The first-order valence-corrected chi connectivity index (χ1v) is 4.48. The Morgan fingerprint density at radius 2 is 1.79 bits per heavy atom. The van der Waals surface area contributed by atoms with Crippen LogP contribution in [0.2, 0.25) is 0 Å². The predicted molar refractivity (Wildman–Crippen MR) is 55.6 cm³/mol. The summed E-state index contributed by atoms with van der Waals surface area (Å²) in [4.78, 5) is 21.5. The Labute approximate surface area is 84.1 Å². The van der Waals surface area contributed by atoms with Crippen LogP contribution in [0.3, 0.4) is 0 Å².